The number of aromatic nitrogens is 4. The zero-order valence-corrected chi connectivity index (χ0v) is 16.1. The molecule has 0 aliphatic carbocycles. The molecule has 0 bridgehead atoms. The first-order valence-corrected chi connectivity index (χ1v) is 10.8. The topological polar surface area (TPSA) is 137 Å². The average Bonchev–Trinajstić information content (AvgIpc) is 3.28. The van der Waals surface area contributed by atoms with Gasteiger partial charge in [-0.05, 0) is 31.0 Å². The number of H-pyrrole nitrogens is 2. The predicted molar refractivity (Wildman–Crippen MR) is 106 cm³/mol. The van der Waals surface area contributed by atoms with E-state index in [-0.39, 0.29) is 12.6 Å². The Bertz CT molecular complexity index is 1100. The summed E-state index contributed by atoms with van der Waals surface area (Å²) in [7, 11) is -3.36. The van der Waals surface area contributed by atoms with Gasteiger partial charge in [-0.1, -0.05) is 11.1 Å². The van der Waals surface area contributed by atoms with E-state index >= 15 is 0 Å². The lowest BCUT2D eigenvalue weighted by Crippen LogP contribution is -2.37. The summed E-state index contributed by atoms with van der Waals surface area (Å²) in [6, 6.07) is 6.94. The minimum Gasteiger partial charge on any atom is -0.393 e. The SMILES string of the molecule is CS(=O)(=O)Nc1cccc(Nc2nc3nc[nH]c3c(N3CCC[C@H]3CO)[nH+]2)c1. The summed E-state index contributed by atoms with van der Waals surface area (Å²) < 4.78 is 25.4. The number of fused-ring (bicyclic) bond motifs is 1. The minimum absolute atomic E-state index is 0.0419. The maximum Gasteiger partial charge on any atom is 0.351 e. The van der Waals surface area contributed by atoms with Gasteiger partial charge >= 0.3 is 5.95 Å². The number of hydrogen-bond acceptors (Lipinski definition) is 7. The predicted octanol–water partition coefficient (Wildman–Crippen LogP) is 0.848. The molecule has 5 N–H and O–H groups in total. The molecule has 4 rings (SSSR count). The highest BCUT2D eigenvalue weighted by Gasteiger charge is 2.31. The second-order valence-electron chi connectivity index (χ2n) is 6.79. The molecule has 0 saturated carbocycles. The van der Waals surface area contributed by atoms with Crippen LogP contribution in [-0.4, -0.2) is 53.9 Å². The Labute approximate surface area is 162 Å². The molecule has 3 heterocycles. The third-order valence-electron chi connectivity index (χ3n) is 4.61. The number of hydrogen-bond donors (Lipinski definition) is 4. The number of rotatable bonds is 6. The summed E-state index contributed by atoms with van der Waals surface area (Å²) in [6.45, 7) is 0.904. The number of benzene rings is 1. The van der Waals surface area contributed by atoms with Crippen molar-refractivity contribution in [1.82, 2.24) is 15.0 Å². The molecule has 28 heavy (non-hydrogen) atoms. The van der Waals surface area contributed by atoms with Crippen molar-refractivity contribution >= 4 is 44.3 Å². The van der Waals surface area contributed by atoms with Crippen LogP contribution >= 0.6 is 0 Å². The second-order valence-corrected chi connectivity index (χ2v) is 8.54. The third kappa shape index (κ3) is 3.85. The zero-order valence-electron chi connectivity index (χ0n) is 15.3. The van der Waals surface area contributed by atoms with Gasteiger partial charge in [-0.3, -0.25) is 10.0 Å². The van der Waals surface area contributed by atoms with E-state index in [0.29, 0.717) is 23.0 Å². The molecule has 1 aromatic carbocycles. The second kappa shape index (κ2) is 7.24. The third-order valence-corrected chi connectivity index (χ3v) is 5.22. The maximum absolute atomic E-state index is 11.5. The molecule has 1 atom stereocenters. The van der Waals surface area contributed by atoms with Gasteiger partial charge < -0.3 is 15.0 Å². The Morgan fingerprint density at radius 3 is 3.00 bits per heavy atom. The molecule has 2 aromatic heterocycles. The van der Waals surface area contributed by atoms with Crippen LogP contribution in [0.4, 0.5) is 23.1 Å². The van der Waals surface area contributed by atoms with E-state index < -0.39 is 10.0 Å². The van der Waals surface area contributed by atoms with Crippen molar-refractivity contribution in [3.05, 3.63) is 30.6 Å². The van der Waals surface area contributed by atoms with Crippen molar-refractivity contribution in [1.29, 1.82) is 0 Å². The molecule has 1 aliphatic heterocycles. The molecule has 0 radical (unpaired) electrons. The molecular formula is C17H22N7O3S+. The lowest BCUT2D eigenvalue weighted by molar-refractivity contribution is -0.349. The maximum atomic E-state index is 11.5. The van der Waals surface area contributed by atoms with Crippen LogP contribution in [0, 0.1) is 0 Å². The van der Waals surface area contributed by atoms with Crippen LogP contribution in [0.15, 0.2) is 30.6 Å². The van der Waals surface area contributed by atoms with E-state index in [9.17, 15) is 13.5 Å². The van der Waals surface area contributed by atoms with Gasteiger partial charge in [0, 0.05) is 0 Å². The first kappa shape index (κ1) is 18.4. The Kier molecular flexibility index (Phi) is 4.77. The highest BCUT2D eigenvalue weighted by Crippen LogP contribution is 2.27. The minimum atomic E-state index is -3.36. The van der Waals surface area contributed by atoms with Crippen molar-refractivity contribution in [2.45, 2.75) is 18.9 Å². The Morgan fingerprint density at radius 1 is 1.39 bits per heavy atom. The monoisotopic (exact) mass is 404 g/mol. The van der Waals surface area contributed by atoms with Crippen molar-refractivity contribution in [2.75, 3.05) is 34.3 Å². The van der Waals surface area contributed by atoms with Gasteiger partial charge in [0.05, 0.1) is 43.2 Å². The number of aromatic amines is 2. The van der Waals surface area contributed by atoms with Gasteiger partial charge in [0.1, 0.15) is 0 Å². The van der Waals surface area contributed by atoms with Crippen LogP contribution in [0.2, 0.25) is 0 Å². The van der Waals surface area contributed by atoms with Crippen LogP contribution in [0.25, 0.3) is 11.2 Å². The largest absolute Gasteiger partial charge is 0.393 e. The number of sulfonamides is 1. The summed E-state index contributed by atoms with van der Waals surface area (Å²) in [5.41, 5.74) is 2.44. The van der Waals surface area contributed by atoms with Crippen molar-refractivity contribution in [3.8, 4) is 0 Å². The summed E-state index contributed by atoms with van der Waals surface area (Å²) in [5.74, 6) is 1.28. The zero-order chi connectivity index (χ0) is 19.7. The fourth-order valence-electron chi connectivity index (χ4n) is 3.46. The molecule has 1 saturated heterocycles. The lowest BCUT2D eigenvalue weighted by atomic mass is 10.2. The van der Waals surface area contributed by atoms with Gasteiger partial charge in [-0.2, -0.15) is 0 Å². The van der Waals surface area contributed by atoms with E-state index in [1.165, 1.54) is 0 Å². The van der Waals surface area contributed by atoms with Crippen LogP contribution in [-0.2, 0) is 10.0 Å². The molecular weight excluding hydrogens is 382 g/mol. The summed E-state index contributed by atoms with van der Waals surface area (Å²) >= 11 is 0. The van der Waals surface area contributed by atoms with Gasteiger partial charge in [0.15, 0.2) is 5.52 Å². The number of aliphatic hydroxyl groups excluding tert-OH is 1. The van der Waals surface area contributed by atoms with Crippen LogP contribution < -0.4 is 19.9 Å². The smallest absolute Gasteiger partial charge is 0.351 e. The normalized spacial score (nSPS) is 17.2. The Hall–Kier alpha value is -2.92. The van der Waals surface area contributed by atoms with Crippen molar-refractivity contribution < 1.29 is 18.5 Å². The summed E-state index contributed by atoms with van der Waals surface area (Å²) in [6.07, 6.45) is 4.61. The molecule has 0 amide bonds. The molecule has 148 valence electrons. The molecule has 3 aromatic rings. The van der Waals surface area contributed by atoms with Gasteiger partial charge in [0.2, 0.25) is 21.5 Å². The van der Waals surface area contributed by atoms with Crippen molar-refractivity contribution in [3.63, 3.8) is 0 Å². The first-order chi connectivity index (χ1) is 13.4. The van der Waals surface area contributed by atoms with Crippen LogP contribution in [0.5, 0.6) is 0 Å². The fourth-order valence-corrected chi connectivity index (χ4v) is 4.02. The Balaban J connectivity index is 1.67. The number of imidazole rings is 1. The highest BCUT2D eigenvalue weighted by atomic mass is 32.2. The fraction of sp³-hybridized carbons (Fsp3) is 0.353. The molecule has 1 aliphatic rings. The van der Waals surface area contributed by atoms with E-state index in [1.807, 2.05) is 6.07 Å². The van der Waals surface area contributed by atoms with E-state index in [0.717, 1.165) is 37.0 Å². The summed E-state index contributed by atoms with van der Waals surface area (Å²) in [4.78, 5) is 17.2. The number of nitrogens with one attached hydrogen (secondary N) is 4. The molecule has 0 unspecified atom stereocenters. The van der Waals surface area contributed by atoms with Crippen LogP contribution in [0.3, 0.4) is 0 Å². The number of nitrogens with zero attached hydrogens (tertiary/aromatic N) is 3. The molecule has 10 nitrogen and oxygen atoms in total. The van der Waals surface area contributed by atoms with Gasteiger partial charge in [0.25, 0.3) is 0 Å². The van der Waals surface area contributed by atoms with E-state index in [1.54, 1.807) is 24.5 Å². The average molecular weight is 404 g/mol. The number of aliphatic hydroxyl groups is 1. The molecule has 1 fully saturated rings. The molecule has 11 heteroatoms. The van der Waals surface area contributed by atoms with Crippen LogP contribution in [0.1, 0.15) is 12.8 Å². The Morgan fingerprint density at radius 2 is 2.21 bits per heavy atom. The standard InChI is InChI=1S/C17H21N7O3S/c1-28(26,27)23-12-5-2-4-11(8-12)20-17-21-15-14(18-10-19-15)16(22-17)24-7-3-6-13(24)9-25/h2,4-5,8,10,13,23,25H,3,6-7,9H2,1H3,(H2,18,19,20,21,22)/p+1/t13-/m0/s1. The quantitative estimate of drug-likeness (QED) is 0.478. The van der Waals surface area contributed by atoms with Gasteiger partial charge in [-0.25, -0.2) is 18.4 Å². The van der Waals surface area contributed by atoms with E-state index in [4.69, 9.17) is 0 Å². The van der Waals surface area contributed by atoms with E-state index in [2.05, 4.69) is 34.9 Å². The van der Waals surface area contributed by atoms with Gasteiger partial charge in [-0.15, -0.1) is 0 Å². The lowest BCUT2D eigenvalue weighted by Gasteiger charge is -2.20. The summed E-state index contributed by atoms with van der Waals surface area (Å²) in [5, 5.41) is 12.8. The first-order valence-electron chi connectivity index (χ1n) is 8.92. The molecule has 0 spiro atoms. The highest BCUT2D eigenvalue weighted by molar-refractivity contribution is 7.92. The number of anilines is 4. The van der Waals surface area contributed by atoms with Crippen molar-refractivity contribution in [2.24, 2.45) is 0 Å².